The van der Waals surface area contributed by atoms with Crippen molar-refractivity contribution < 1.29 is 19.5 Å². The highest BCUT2D eigenvalue weighted by Gasteiger charge is 2.35. The number of hydrogen-bond donors (Lipinski definition) is 2. The van der Waals surface area contributed by atoms with Crippen molar-refractivity contribution in [3.8, 4) is 0 Å². The fourth-order valence-corrected chi connectivity index (χ4v) is 3.23. The Labute approximate surface area is 126 Å². The lowest BCUT2D eigenvalue weighted by Crippen LogP contribution is -2.57. The van der Waals surface area contributed by atoms with Crippen LogP contribution >= 0.6 is 33.9 Å². The highest BCUT2D eigenvalue weighted by atomic mass is 127. The number of rotatable bonds is 3. The molecule has 1 aliphatic heterocycles. The van der Waals surface area contributed by atoms with Crippen LogP contribution < -0.4 is 5.32 Å². The predicted molar refractivity (Wildman–Crippen MR) is 77.1 cm³/mol. The highest BCUT2D eigenvalue weighted by molar-refractivity contribution is 14.1. The number of halogens is 1. The normalized spacial score (nSPS) is 19.1. The van der Waals surface area contributed by atoms with Crippen LogP contribution in [0.15, 0.2) is 11.4 Å². The summed E-state index contributed by atoms with van der Waals surface area (Å²) in [4.78, 5) is 36.2. The van der Waals surface area contributed by atoms with Gasteiger partial charge in [0.1, 0.15) is 6.04 Å². The van der Waals surface area contributed by atoms with E-state index in [0.29, 0.717) is 18.7 Å². The summed E-state index contributed by atoms with van der Waals surface area (Å²) < 4.78 is 0.970. The molecule has 1 saturated heterocycles. The second kappa shape index (κ2) is 5.87. The quantitative estimate of drug-likeness (QED) is 0.742. The lowest BCUT2D eigenvalue weighted by molar-refractivity contribution is -0.142. The van der Waals surface area contributed by atoms with Crippen LogP contribution in [0.1, 0.15) is 16.8 Å². The van der Waals surface area contributed by atoms with Gasteiger partial charge in [-0.05, 0) is 28.7 Å². The molecule has 1 aliphatic rings. The zero-order valence-electron chi connectivity index (χ0n) is 9.76. The number of nitrogens with zero attached hydrogens (tertiary/aromatic N) is 1. The fraction of sp³-hybridized carbons (Fsp3) is 0.364. The molecule has 102 valence electrons. The Morgan fingerprint density at radius 3 is 2.89 bits per heavy atom. The molecular weight excluding hydrogens is 383 g/mol. The van der Waals surface area contributed by atoms with Crippen molar-refractivity contribution in [3.05, 3.63) is 19.9 Å². The van der Waals surface area contributed by atoms with Crippen LogP contribution in [0.4, 0.5) is 0 Å². The summed E-state index contributed by atoms with van der Waals surface area (Å²) in [5, 5.41) is 13.1. The van der Waals surface area contributed by atoms with E-state index in [-0.39, 0.29) is 12.3 Å². The first-order valence-electron chi connectivity index (χ1n) is 5.53. The van der Waals surface area contributed by atoms with E-state index in [1.54, 1.807) is 11.4 Å². The number of amides is 2. The van der Waals surface area contributed by atoms with Crippen LogP contribution in [0.25, 0.3) is 0 Å². The van der Waals surface area contributed by atoms with E-state index in [0.717, 1.165) is 2.88 Å². The first-order valence-corrected chi connectivity index (χ1v) is 7.49. The molecule has 19 heavy (non-hydrogen) atoms. The minimum absolute atomic E-state index is 0.291. The number of carbonyl (C=O) groups excluding carboxylic acids is 2. The molecule has 2 heterocycles. The van der Waals surface area contributed by atoms with Gasteiger partial charge in [0.05, 0.1) is 14.9 Å². The summed E-state index contributed by atoms with van der Waals surface area (Å²) in [5.74, 6) is -1.80. The topological polar surface area (TPSA) is 86.7 Å². The minimum atomic E-state index is -1.10. The van der Waals surface area contributed by atoms with Crippen molar-refractivity contribution in [2.24, 2.45) is 0 Å². The molecule has 0 aromatic carbocycles. The minimum Gasteiger partial charge on any atom is -0.481 e. The van der Waals surface area contributed by atoms with Crippen molar-refractivity contribution in [2.75, 3.05) is 13.1 Å². The number of carboxylic acids is 1. The number of aliphatic carboxylic acids is 1. The zero-order chi connectivity index (χ0) is 14.0. The van der Waals surface area contributed by atoms with Gasteiger partial charge in [0.2, 0.25) is 5.91 Å². The maximum atomic E-state index is 12.3. The molecule has 1 unspecified atom stereocenters. The molecule has 1 atom stereocenters. The number of piperazine rings is 1. The fourth-order valence-electron chi connectivity index (χ4n) is 1.91. The summed E-state index contributed by atoms with van der Waals surface area (Å²) in [6, 6.07) is 0.800. The Morgan fingerprint density at radius 2 is 2.32 bits per heavy atom. The number of hydrogen-bond acceptors (Lipinski definition) is 4. The third-order valence-corrected chi connectivity index (χ3v) is 4.56. The maximum absolute atomic E-state index is 12.3. The standard InChI is InChI=1S/C11H11IN2O4S/c12-8-3-6(5-19-8)11(18)14-2-1-13-10(17)7(14)4-9(15)16/h3,5,7H,1-2,4H2,(H,13,17)(H,15,16). The Kier molecular flexibility index (Phi) is 4.40. The highest BCUT2D eigenvalue weighted by Crippen LogP contribution is 2.20. The van der Waals surface area contributed by atoms with Gasteiger partial charge in [0.25, 0.3) is 5.91 Å². The Morgan fingerprint density at radius 1 is 1.58 bits per heavy atom. The summed E-state index contributed by atoms with van der Waals surface area (Å²) in [5.41, 5.74) is 0.500. The van der Waals surface area contributed by atoms with Crippen LogP contribution in [0.5, 0.6) is 0 Å². The monoisotopic (exact) mass is 394 g/mol. The SMILES string of the molecule is O=C(O)CC1C(=O)NCCN1C(=O)c1csc(I)c1. The van der Waals surface area contributed by atoms with Gasteiger partial charge in [-0.2, -0.15) is 0 Å². The van der Waals surface area contributed by atoms with E-state index < -0.39 is 17.9 Å². The Balaban J connectivity index is 2.22. The molecule has 1 aromatic rings. The lowest BCUT2D eigenvalue weighted by Gasteiger charge is -2.34. The number of thiophene rings is 1. The number of carboxylic acid groups (broad SMARTS) is 1. The van der Waals surface area contributed by atoms with Gasteiger partial charge in [0.15, 0.2) is 0 Å². The van der Waals surface area contributed by atoms with Gasteiger partial charge in [-0.3, -0.25) is 14.4 Å². The summed E-state index contributed by atoms with van der Waals surface area (Å²) >= 11 is 3.54. The van der Waals surface area contributed by atoms with Gasteiger partial charge in [-0.1, -0.05) is 0 Å². The van der Waals surface area contributed by atoms with Crippen molar-refractivity contribution in [3.63, 3.8) is 0 Å². The molecule has 8 heteroatoms. The van der Waals surface area contributed by atoms with Crippen LogP contribution in [0.3, 0.4) is 0 Å². The van der Waals surface area contributed by atoms with Gasteiger partial charge in [0, 0.05) is 18.5 Å². The zero-order valence-corrected chi connectivity index (χ0v) is 12.7. The molecule has 0 spiro atoms. The molecule has 1 fully saturated rings. The van der Waals surface area contributed by atoms with E-state index in [1.807, 2.05) is 0 Å². The predicted octanol–water partition coefficient (Wildman–Crippen LogP) is 0.768. The average molecular weight is 394 g/mol. The van der Waals surface area contributed by atoms with Crippen molar-refractivity contribution in [1.29, 1.82) is 0 Å². The van der Waals surface area contributed by atoms with Crippen LogP contribution in [-0.4, -0.2) is 46.9 Å². The lowest BCUT2D eigenvalue weighted by atomic mass is 10.1. The second-order valence-electron chi connectivity index (χ2n) is 4.04. The van der Waals surface area contributed by atoms with Gasteiger partial charge < -0.3 is 15.3 Å². The molecule has 0 saturated carbocycles. The third-order valence-electron chi connectivity index (χ3n) is 2.77. The molecule has 0 bridgehead atoms. The maximum Gasteiger partial charge on any atom is 0.305 e. The van der Waals surface area contributed by atoms with Crippen LogP contribution in [0.2, 0.25) is 0 Å². The van der Waals surface area contributed by atoms with Gasteiger partial charge in [-0.25, -0.2) is 0 Å². The van der Waals surface area contributed by atoms with Crippen molar-refractivity contribution in [2.45, 2.75) is 12.5 Å². The first kappa shape index (κ1) is 14.3. The smallest absolute Gasteiger partial charge is 0.305 e. The molecule has 6 nitrogen and oxygen atoms in total. The van der Waals surface area contributed by atoms with Crippen LogP contribution in [0, 0.1) is 2.88 Å². The number of nitrogens with one attached hydrogen (secondary N) is 1. The molecule has 2 amide bonds. The summed E-state index contributed by atoms with van der Waals surface area (Å²) in [6.45, 7) is 0.677. The Bertz CT molecular complexity index is 531. The molecular formula is C11H11IN2O4S. The third kappa shape index (κ3) is 3.24. The molecule has 2 rings (SSSR count). The summed E-state index contributed by atoms with van der Waals surface area (Å²) in [7, 11) is 0. The Hall–Kier alpha value is -1.16. The van der Waals surface area contributed by atoms with E-state index in [2.05, 4.69) is 27.9 Å². The van der Waals surface area contributed by atoms with E-state index in [4.69, 9.17) is 5.11 Å². The van der Waals surface area contributed by atoms with Gasteiger partial charge >= 0.3 is 5.97 Å². The molecule has 2 N–H and O–H groups in total. The molecule has 0 radical (unpaired) electrons. The second-order valence-corrected chi connectivity index (χ2v) is 6.85. The van der Waals surface area contributed by atoms with Crippen molar-refractivity contribution in [1.82, 2.24) is 10.2 Å². The first-order chi connectivity index (χ1) is 8.99. The number of carbonyl (C=O) groups is 3. The van der Waals surface area contributed by atoms with E-state index in [9.17, 15) is 14.4 Å². The largest absolute Gasteiger partial charge is 0.481 e. The van der Waals surface area contributed by atoms with E-state index >= 15 is 0 Å². The molecule has 0 aliphatic carbocycles. The van der Waals surface area contributed by atoms with E-state index in [1.165, 1.54) is 16.2 Å². The summed E-state index contributed by atoms with van der Waals surface area (Å²) in [6.07, 6.45) is -0.376. The average Bonchev–Trinajstić information content (AvgIpc) is 2.77. The van der Waals surface area contributed by atoms with Crippen molar-refractivity contribution >= 4 is 51.7 Å². The van der Waals surface area contributed by atoms with Gasteiger partial charge in [-0.15, -0.1) is 11.3 Å². The molecule has 1 aromatic heterocycles. The van der Waals surface area contributed by atoms with Crippen LogP contribution in [-0.2, 0) is 9.59 Å².